The molecular formula is C25H20N2. The van der Waals surface area contributed by atoms with Gasteiger partial charge in [-0.25, -0.2) is 0 Å². The Kier molecular flexibility index (Phi) is 3.51. The Bertz CT molecular complexity index is 1310. The Labute approximate surface area is 158 Å². The van der Waals surface area contributed by atoms with Gasteiger partial charge in [0.15, 0.2) is 0 Å². The molecule has 0 unspecified atom stereocenters. The summed E-state index contributed by atoms with van der Waals surface area (Å²) in [6, 6.07) is 27.7. The second kappa shape index (κ2) is 6.03. The number of rotatable bonds is 3. The van der Waals surface area contributed by atoms with Gasteiger partial charge in [0.05, 0.1) is 5.52 Å². The molecule has 4 aromatic carbocycles. The van der Waals surface area contributed by atoms with Gasteiger partial charge in [-0.1, -0.05) is 61.2 Å². The smallest absolute Gasteiger partial charge is 0.0510 e. The van der Waals surface area contributed by atoms with Crippen LogP contribution in [0.15, 0.2) is 85.4 Å². The van der Waals surface area contributed by atoms with Gasteiger partial charge in [0.1, 0.15) is 0 Å². The largest absolute Gasteiger partial charge is 0.355 e. The number of aryl methyl sites for hydroxylation is 1. The Morgan fingerprint density at radius 3 is 2.41 bits per heavy atom. The first-order valence-corrected chi connectivity index (χ1v) is 9.14. The zero-order valence-corrected chi connectivity index (χ0v) is 15.2. The normalized spacial score (nSPS) is 11.3. The monoisotopic (exact) mass is 348 g/mol. The second-order valence-corrected chi connectivity index (χ2v) is 6.89. The topological polar surface area (TPSA) is 17.0 Å². The lowest BCUT2D eigenvalue weighted by Crippen LogP contribution is -1.94. The van der Waals surface area contributed by atoms with Crippen LogP contribution in [0, 0.1) is 0 Å². The zero-order chi connectivity index (χ0) is 18.4. The van der Waals surface area contributed by atoms with Crippen molar-refractivity contribution in [1.29, 1.82) is 0 Å². The summed E-state index contributed by atoms with van der Waals surface area (Å²) in [6.07, 6.45) is 1.93. The number of para-hydroxylation sites is 1. The van der Waals surface area contributed by atoms with Crippen LogP contribution in [0.4, 0.5) is 11.4 Å². The third kappa shape index (κ3) is 2.42. The molecule has 1 N–H and O–H groups in total. The van der Waals surface area contributed by atoms with Crippen LogP contribution in [0.3, 0.4) is 0 Å². The van der Waals surface area contributed by atoms with E-state index >= 15 is 0 Å². The van der Waals surface area contributed by atoms with E-state index in [9.17, 15) is 0 Å². The first kappa shape index (κ1) is 15.7. The van der Waals surface area contributed by atoms with Gasteiger partial charge in [0.2, 0.25) is 0 Å². The Morgan fingerprint density at radius 1 is 0.815 bits per heavy atom. The van der Waals surface area contributed by atoms with Crippen molar-refractivity contribution in [1.82, 2.24) is 4.57 Å². The van der Waals surface area contributed by atoms with Crippen LogP contribution in [-0.4, -0.2) is 4.57 Å². The molecule has 1 aromatic heterocycles. The maximum atomic E-state index is 4.04. The lowest BCUT2D eigenvalue weighted by molar-refractivity contribution is 1.01. The number of nitrogens with zero attached hydrogens (tertiary/aromatic N) is 1. The van der Waals surface area contributed by atoms with Crippen molar-refractivity contribution in [3.8, 4) is 0 Å². The van der Waals surface area contributed by atoms with Crippen LogP contribution < -0.4 is 5.32 Å². The van der Waals surface area contributed by atoms with Crippen molar-refractivity contribution in [3.05, 3.63) is 91.0 Å². The number of benzene rings is 4. The average molecular weight is 348 g/mol. The van der Waals surface area contributed by atoms with Crippen LogP contribution in [0.1, 0.15) is 5.56 Å². The molecule has 0 fully saturated rings. The maximum Gasteiger partial charge on any atom is 0.0510 e. The molecule has 0 radical (unpaired) electrons. The number of hydrogen-bond donors (Lipinski definition) is 1. The van der Waals surface area contributed by atoms with E-state index in [0.717, 1.165) is 16.9 Å². The fourth-order valence-corrected chi connectivity index (χ4v) is 3.99. The standard InChI is InChI=1S/C25H20N2/c1-3-17-15-21-24(16-22(17)26-19-10-5-4-6-11-19)27(2)23-14-13-18-9-7-8-12-20(18)25(21)23/h3-16,26H,1H2,2H3. The number of anilines is 2. The fourth-order valence-electron chi connectivity index (χ4n) is 3.99. The molecule has 0 aliphatic carbocycles. The maximum absolute atomic E-state index is 4.04. The van der Waals surface area contributed by atoms with Crippen molar-refractivity contribution >= 4 is 50.0 Å². The predicted molar refractivity (Wildman–Crippen MR) is 118 cm³/mol. The summed E-state index contributed by atoms with van der Waals surface area (Å²) in [5.41, 5.74) is 5.70. The molecule has 5 rings (SSSR count). The molecule has 2 nitrogen and oxygen atoms in total. The SMILES string of the molecule is C=Cc1cc2c3c4ccccc4ccc3n(C)c2cc1Nc1ccccc1. The van der Waals surface area contributed by atoms with Gasteiger partial charge in [-0.05, 0) is 46.7 Å². The molecule has 0 saturated heterocycles. The molecule has 130 valence electrons. The highest BCUT2D eigenvalue weighted by atomic mass is 14.9. The van der Waals surface area contributed by atoms with Gasteiger partial charge >= 0.3 is 0 Å². The molecule has 0 saturated carbocycles. The third-order valence-electron chi connectivity index (χ3n) is 5.34. The van der Waals surface area contributed by atoms with Crippen LogP contribution in [0.2, 0.25) is 0 Å². The van der Waals surface area contributed by atoms with Crippen molar-refractivity contribution in [2.45, 2.75) is 0 Å². The van der Waals surface area contributed by atoms with Crippen LogP contribution in [-0.2, 0) is 7.05 Å². The second-order valence-electron chi connectivity index (χ2n) is 6.89. The summed E-state index contributed by atoms with van der Waals surface area (Å²) in [4.78, 5) is 0. The van der Waals surface area contributed by atoms with E-state index in [0.29, 0.717) is 0 Å². The zero-order valence-electron chi connectivity index (χ0n) is 15.2. The minimum absolute atomic E-state index is 1.07. The summed E-state index contributed by atoms with van der Waals surface area (Å²) < 4.78 is 2.28. The minimum atomic E-state index is 1.07. The Morgan fingerprint density at radius 2 is 1.59 bits per heavy atom. The van der Waals surface area contributed by atoms with Gasteiger partial charge in [-0.15, -0.1) is 0 Å². The quantitative estimate of drug-likeness (QED) is 0.376. The van der Waals surface area contributed by atoms with E-state index in [-0.39, 0.29) is 0 Å². The molecule has 5 aromatic rings. The molecule has 0 amide bonds. The lowest BCUT2D eigenvalue weighted by Gasteiger charge is -2.11. The van der Waals surface area contributed by atoms with Crippen molar-refractivity contribution < 1.29 is 0 Å². The first-order chi connectivity index (χ1) is 13.3. The van der Waals surface area contributed by atoms with E-state index in [2.05, 4.69) is 84.2 Å². The summed E-state index contributed by atoms with van der Waals surface area (Å²) in [5.74, 6) is 0. The van der Waals surface area contributed by atoms with Gasteiger partial charge in [-0.2, -0.15) is 0 Å². The van der Waals surface area contributed by atoms with Crippen LogP contribution in [0.25, 0.3) is 38.7 Å². The molecular weight excluding hydrogens is 328 g/mol. The van der Waals surface area contributed by atoms with Crippen molar-refractivity contribution in [2.24, 2.45) is 7.05 Å². The van der Waals surface area contributed by atoms with Gasteiger partial charge in [-0.3, -0.25) is 0 Å². The Balaban J connectivity index is 1.83. The van der Waals surface area contributed by atoms with E-state index < -0.39 is 0 Å². The van der Waals surface area contributed by atoms with Crippen molar-refractivity contribution in [3.63, 3.8) is 0 Å². The first-order valence-electron chi connectivity index (χ1n) is 9.14. The minimum Gasteiger partial charge on any atom is -0.355 e. The van der Waals surface area contributed by atoms with E-state index in [1.165, 1.54) is 32.6 Å². The molecule has 0 aliphatic rings. The Hall–Kier alpha value is -3.52. The number of fused-ring (bicyclic) bond motifs is 5. The molecule has 0 spiro atoms. The van der Waals surface area contributed by atoms with Crippen molar-refractivity contribution in [2.75, 3.05) is 5.32 Å². The van der Waals surface area contributed by atoms with E-state index in [1.54, 1.807) is 0 Å². The summed E-state index contributed by atoms with van der Waals surface area (Å²) >= 11 is 0. The van der Waals surface area contributed by atoms with E-state index in [1.807, 2.05) is 24.3 Å². The highest BCUT2D eigenvalue weighted by molar-refractivity contribution is 6.21. The number of nitrogens with one attached hydrogen (secondary N) is 1. The summed E-state index contributed by atoms with van der Waals surface area (Å²) in [5, 5.41) is 8.67. The van der Waals surface area contributed by atoms with Gasteiger partial charge in [0, 0.05) is 34.7 Å². The highest BCUT2D eigenvalue weighted by Gasteiger charge is 2.14. The molecule has 1 heterocycles. The van der Waals surface area contributed by atoms with Gasteiger partial charge in [0.25, 0.3) is 0 Å². The number of aromatic nitrogens is 1. The van der Waals surface area contributed by atoms with Gasteiger partial charge < -0.3 is 9.88 Å². The fraction of sp³-hybridized carbons (Fsp3) is 0.0400. The molecule has 27 heavy (non-hydrogen) atoms. The van der Waals surface area contributed by atoms with Crippen LogP contribution in [0.5, 0.6) is 0 Å². The van der Waals surface area contributed by atoms with Crippen LogP contribution >= 0.6 is 0 Å². The molecule has 2 heteroatoms. The molecule has 0 atom stereocenters. The average Bonchev–Trinajstić information content (AvgIpc) is 3.00. The molecule has 0 bridgehead atoms. The van der Waals surface area contributed by atoms with E-state index in [4.69, 9.17) is 0 Å². The lowest BCUT2D eigenvalue weighted by atomic mass is 10.0. The number of hydrogen-bond acceptors (Lipinski definition) is 1. The summed E-state index contributed by atoms with van der Waals surface area (Å²) in [7, 11) is 2.14. The summed E-state index contributed by atoms with van der Waals surface area (Å²) in [6.45, 7) is 4.04. The third-order valence-corrected chi connectivity index (χ3v) is 5.34. The predicted octanol–water partition coefficient (Wildman–Crippen LogP) is 6.87. The molecule has 0 aliphatic heterocycles. The highest BCUT2D eigenvalue weighted by Crippen LogP contribution is 2.37.